The van der Waals surface area contributed by atoms with E-state index in [1.165, 1.54) is 0 Å². The second-order valence-electron chi connectivity index (χ2n) is 2.65. The number of aliphatic hydroxyl groups is 1. The van der Waals surface area contributed by atoms with Crippen LogP contribution in [0.1, 0.15) is 25.7 Å². The molecule has 0 aromatic rings. The second kappa shape index (κ2) is 9.00. The topological polar surface area (TPSA) is 57.5 Å². The third-order valence-corrected chi connectivity index (χ3v) is 1.47. The molecule has 0 bridgehead atoms. The number of carboxylic acid groups (broad SMARTS) is 1. The number of carbonyl (C=O) groups is 1. The highest BCUT2D eigenvalue weighted by molar-refractivity contribution is 5.66. The molecule has 2 N–H and O–H groups in total. The van der Waals surface area contributed by atoms with Crippen LogP contribution in [0.5, 0.6) is 0 Å². The lowest BCUT2D eigenvalue weighted by Gasteiger charge is -1.89. The van der Waals surface area contributed by atoms with E-state index in [1.54, 1.807) is 6.08 Å². The van der Waals surface area contributed by atoms with Crippen molar-refractivity contribution in [2.24, 2.45) is 0 Å². The first-order chi connectivity index (χ1) is 6.27. The van der Waals surface area contributed by atoms with Gasteiger partial charge in [0, 0.05) is 6.42 Å². The fraction of sp³-hybridized carbons (Fsp3) is 0.500. The van der Waals surface area contributed by atoms with Crippen molar-refractivity contribution in [3.63, 3.8) is 0 Å². The molecule has 0 fully saturated rings. The maximum Gasteiger partial charge on any atom is 0.303 e. The van der Waals surface area contributed by atoms with Crippen molar-refractivity contribution >= 4 is 5.97 Å². The molecule has 0 aliphatic heterocycles. The van der Waals surface area contributed by atoms with Gasteiger partial charge in [-0.2, -0.15) is 0 Å². The number of carboxylic acids is 1. The number of aliphatic hydroxyl groups excluding tert-OH is 1. The number of allylic oxidation sites excluding steroid dienone is 3. The predicted octanol–water partition coefficient (Wildman–Crippen LogP) is 1.74. The molecule has 0 aromatic heterocycles. The molecule has 0 spiro atoms. The minimum absolute atomic E-state index is 0.0762. The first-order valence-electron chi connectivity index (χ1n) is 4.40. The largest absolute Gasteiger partial charge is 0.481 e. The molecule has 0 aliphatic carbocycles. The highest BCUT2D eigenvalue weighted by Crippen LogP contribution is 1.97. The molecule has 0 aliphatic rings. The van der Waals surface area contributed by atoms with E-state index in [-0.39, 0.29) is 13.0 Å². The summed E-state index contributed by atoms with van der Waals surface area (Å²) in [5, 5.41) is 16.7. The predicted molar refractivity (Wildman–Crippen MR) is 51.5 cm³/mol. The zero-order chi connectivity index (χ0) is 9.94. The van der Waals surface area contributed by atoms with Crippen LogP contribution in [0, 0.1) is 0 Å². The Balaban J connectivity index is 3.22. The summed E-state index contributed by atoms with van der Waals surface area (Å²) in [6.45, 7) is 0.0762. The molecular formula is C10H16O3. The lowest BCUT2D eigenvalue weighted by molar-refractivity contribution is -0.137. The van der Waals surface area contributed by atoms with Crippen LogP contribution >= 0.6 is 0 Å². The Labute approximate surface area is 78.4 Å². The molecule has 0 atom stereocenters. The summed E-state index contributed by atoms with van der Waals surface area (Å²) >= 11 is 0. The van der Waals surface area contributed by atoms with Crippen LogP contribution in [0.15, 0.2) is 24.3 Å². The van der Waals surface area contributed by atoms with Crippen molar-refractivity contribution in [1.29, 1.82) is 0 Å². The van der Waals surface area contributed by atoms with E-state index in [1.807, 2.05) is 18.2 Å². The van der Waals surface area contributed by atoms with Gasteiger partial charge in [-0.1, -0.05) is 24.3 Å². The van der Waals surface area contributed by atoms with Crippen LogP contribution in [-0.4, -0.2) is 22.8 Å². The summed E-state index contributed by atoms with van der Waals surface area (Å²) in [7, 11) is 0. The van der Waals surface area contributed by atoms with Crippen molar-refractivity contribution in [2.75, 3.05) is 6.61 Å². The Morgan fingerprint density at radius 2 is 1.92 bits per heavy atom. The number of unbranched alkanes of at least 4 members (excludes halogenated alkanes) is 1. The first kappa shape index (κ1) is 11.9. The molecule has 0 rings (SSSR count). The quantitative estimate of drug-likeness (QED) is 0.361. The SMILES string of the molecule is O=C(O)CCC/C=C\C/C=C\C[18OH]. The molecule has 0 amide bonds. The van der Waals surface area contributed by atoms with Gasteiger partial charge in [0.2, 0.25) is 0 Å². The molecule has 0 unspecified atom stereocenters. The average Bonchev–Trinajstić information content (AvgIpc) is 2.09. The Hall–Kier alpha value is -1.09. The van der Waals surface area contributed by atoms with E-state index >= 15 is 0 Å². The summed E-state index contributed by atoms with van der Waals surface area (Å²) in [6, 6.07) is 0. The van der Waals surface area contributed by atoms with E-state index in [2.05, 4.69) is 0 Å². The van der Waals surface area contributed by atoms with E-state index in [0.717, 1.165) is 12.8 Å². The number of hydrogen-bond acceptors (Lipinski definition) is 2. The van der Waals surface area contributed by atoms with Crippen molar-refractivity contribution in [1.82, 2.24) is 0 Å². The van der Waals surface area contributed by atoms with Crippen LogP contribution < -0.4 is 0 Å². The number of rotatable bonds is 7. The normalized spacial score (nSPS) is 11.5. The monoisotopic (exact) mass is 186 g/mol. The van der Waals surface area contributed by atoms with Crippen LogP contribution in [0.25, 0.3) is 0 Å². The number of hydrogen-bond donors (Lipinski definition) is 2. The lowest BCUT2D eigenvalue weighted by Crippen LogP contribution is -1.92. The molecule has 0 saturated carbocycles. The van der Waals surface area contributed by atoms with E-state index in [9.17, 15) is 4.79 Å². The molecule has 0 heterocycles. The lowest BCUT2D eigenvalue weighted by atomic mass is 10.2. The third-order valence-electron chi connectivity index (χ3n) is 1.47. The van der Waals surface area contributed by atoms with E-state index in [0.29, 0.717) is 6.42 Å². The molecule has 0 aromatic carbocycles. The summed E-state index contributed by atoms with van der Waals surface area (Å²) in [4.78, 5) is 10.1. The highest BCUT2D eigenvalue weighted by Gasteiger charge is 1.92. The summed E-state index contributed by atoms with van der Waals surface area (Å²) in [5.41, 5.74) is 0. The van der Waals surface area contributed by atoms with Gasteiger partial charge in [0.1, 0.15) is 0 Å². The van der Waals surface area contributed by atoms with Gasteiger partial charge >= 0.3 is 5.97 Å². The van der Waals surface area contributed by atoms with Crippen molar-refractivity contribution in [2.45, 2.75) is 25.7 Å². The third kappa shape index (κ3) is 10.9. The minimum Gasteiger partial charge on any atom is -0.481 e. The van der Waals surface area contributed by atoms with E-state index < -0.39 is 5.97 Å². The first-order valence-corrected chi connectivity index (χ1v) is 4.40. The van der Waals surface area contributed by atoms with E-state index in [4.69, 9.17) is 10.2 Å². The Morgan fingerprint density at radius 1 is 1.23 bits per heavy atom. The van der Waals surface area contributed by atoms with Crippen LogP contribution in [0.3, 0.4) is 0 Å². The maximum absolute atomic E-state index is 10.1. The van der Waals surface area contributed by atoms with Crippen LogP contribution in [0.2, 0.25) is 0 Å². The maximum atomic E-state index is 10.1. The molecule has 0 radical (unpaired) electrons. The summed E-state index contributed by atoms with van der Waals surface area (Å²) < 4.78 is 0. The Morgan fingerprint density at radius 3 is 2.54 bits per heavy atom. The van der Waals surface area contributed by atoms with Crippen LogP contribution in [0.4, 0.5) is 0 Å². The summed E-state index contributed by atoms with van der Waals surface area (Å²) in [5.74, 6) is -0.742. The fourth-order valence-corrected chi connectivity index (χ4v) is 0.835. The smallest absolute Gasteiger partial charge is 0.303 e. The Kier molecular flexibility index (Phi) is 8.25. The molecule has 0 saturated heterocycles. The van der Waals surface area contributed by atoms with Gasteiger partial charge in [0.15, 0.2) is 0 Å². The van der Waals surface area contributed by atoms with Gasteiger partial charge in [-0.05, 0) is 19.3 Å². The zero-order valence-electron chi connectivity index (χ0n) is 7.65. The zero-order valence-corrected chi connectivity index (χ0v) is 7.65. The van der Waals surface area contributed by atoms with Crippen molar-refractivity contribution in [3.05, 3.63) is 24.3 Å². The van der Waals surface area contributed by atoms with Gasteiger partial charge in [0.25, 0.3) is 0 Å². The standard InChI is InChI=1S/C10H16O3/c11-9-7-5-3-1-2-4-6-8-10(12)13/h1-2,5,7,11H,3-4,6,8-9H2,(H,12,13)/b2-1-,7-5-/i11+2. The van der Waals surface area contributed by atoms with Crippen molar-refractivity contribution < 1.29 is 15.0 Å². The van der Waals surface area contributed by atoms with Gasteiger partial charge in [0.05, 0.1) is 6.61 Å². The van der Waals surface area contributed by atoms with Gasteiger partial charge < -0.3 is 10.2 Å². The molecule has 3 heteroatoms. The van der Waals surface area contributed by atoms with Crippen LogP contribution in [-0.2, 0) is 4.79 Å². The Bertz CT molecular complexity index is 183. The molecule has 3 nitrogen and oxygen atoms in total. The minimum atomic E-state index is -0.742. The van der Waals surface area contributed by atoms with Gasteiger partial charge in [-0.15, -0.1) is 0 Å². The van der Waals surface area contributed by atoms with Crippen molar-refractivity contribution in [3.8, 4) is 0 Å². The summed E-state index contributed by atoms with van der Waals surface area (Å²) in [6.07, 6.45) is 10.0. The fourth-order valence-electron chi connectivity index (χ4n) is 0.835. The average molecular weight is 186 g/mol. The molecular weight excluding hydrogens is 170 g/mol. The highest BCUT2D eigenvalue weighted by atomic mass is 18.2. The van der Waals surface area contributed by atoms with Gasteiger partial charge in [-0.25, -0.2) is 0 Å². The second-order valence-corrected chi connectivity index (χ2v) is 2.65. The van der Waals surface area contributed by atoms with Gasteiger partial charge in [-0.3, -0.25) is 4.79 Å². The molecule has 74 valence electrons. The molecule has 13 heavy (non-hydrogen) atoms. The number of aliphatic carboxylic acids is 1.